The maximum absolute atomic E-state index is 13.4. The number of para-hydroxylation sites is 1. The van der Waals surface area contributed by atoms with Gasteiger partial charge in [-0.25, -0.2) is 19.0 Å². The Morgan fingerprint density at radius 2 is 1.80 bits per heavy atom. The van der Waals surface area contributed by atoms with Crippen LogP contribution in [0.1, 0.15) is 24.9 Å². The Hall–Kier alpha value is -3.99. The van der Waals surface area contributed by atoms with E-state index in [1.165, 1.54) is 4.57 Å². The van der Waals surface area contributed by atoms with Crippen LogP contribution in [0.5, 0.6) is 0 Å². The van der Waals surface area contributed by atoms with Crippen molar-refractivity contribution >= 4 is 22.9 Å². The molecule has 0 saturated carbocycles. The summed E-state index contributed by atoms with van der Waals surface area (Å²) in [5, 5.41) is 7.24. The molecule has 0 aliphatic heterocycles. The first-order valence-electron chi connectivity index (χ1n) is 11.5. The summed E-state index contributed by atoms with van der Waals surface area (Å²) >= 11 is 0. The molecular formula is C24H29N7O4. The molecule has 0 aliphatic carbocycles. The molecule has 0 fully saturated rings. The first-order chi connectivity index (χ1) is 16.8. The maximum atomic E-state index is 13.4. The third-order valence-corrected chi connectivity index (χ3v) is 5.67. The number of nitrogens with one attached hydrogen (secondary N) is 1. The van der Waals surface area contributed by atoms with Crippen molar-refractivity contribution in [3.63, 3.8) is 0 Å². The van der Waals surface area contributed by atoms with E-state index >= 15 is 0 Å². The molecule has 0 spiro atoms. The van der Waals surface area contributed by atoms with E-state index in [0.717, 1.165) is 10.3 Å². The highest BCUT2D eigenvalue weighted by Gasteiger charge is 2.21. The van der Waals surface area contributed by atoms with Crippen LogP contribution < -0.4 is 16.6 Å². The van der Waals surface area contributed by atoms with Crippen LogP contribution in [0.3, 0.4) is 0 Å². The number of rotatable bonds is 9. The molecule has 3 heterocycles. The van der Waals surface area contributed by atoms with Crippen LogP contribution in [0.2, 0.25) is 0 Å². The van der Waals surface area contributed by atoms with Gasteiger partial charge in [-0.1, -0.05) is 25.1 Å². The van der Waals surface area contributed by atoms with E-state index < -0.39 is 23.7 Å². The number of anilines is 1. The molecule has 3 aromatic heterocycles. The zero-order valence-corrected chi connectivity index (χ0v) is 20.3. The van der Waals surface area contributed by atoms with Crippen molar-refractivity contribution in [2.75, 3.05) is 19.0 Å². The van der Waals surface area contributed by atoms with E-state index in [1.807, 2.05) is 44.2 Å². The van der Waals surface area contributed by atoms with Gasteiger partial charge in [0.15, 0.2) is 11.2 Å². The van der Waals surface area contributed by atoms with Crippen LogP contribution in [-0.2, 0) is 29.2 Å². The van der Waals surface area contributed by atoms with Gasteiger partial charge >= 0.3 is 5.69 Å². The molecule has 4 aromatic rings. The summed E-state index contributed by atoms with van der Waals surface area (Å²) < 4.78 is 10.9. The number of aromatic nitrogens is 6. The molecule has 0 unspecified atom stereocenters. The SMILES string of the molecule is CCCn1c(=O)n(CC(=O)Nc2cc(C)nn2-c2ccccc2)c(=O)c2c1nc(C)n2CCOC. The first kappa shape index (κ1) is 24.1. The number of aryl methyl sites for hydroxylation is 3. The molecule has 0 bridgehead atoms. The minimum absolute atomic E-state index is 0.283. The number of nitrogens with zero attached hydrogens (tertiary/aromatic N) is 6. The van der Waals surface area contributed by atoms with Gasteiger partial charge in [-0.2, -0.15) is 5.10 Å². The van der Waals surface area contributed by atoms with Crippen molar-refractivity contribution < 1.29 is 9.53 Å². The van der Waals surface area contributed by atoms with Crippen LogP contribution in [0, 0.1) is 13.8 Å². The Balaban J connectivity index is 1.74. The van der Waals surface area contributed by atoms with Crippen molar-refractivity contribution in [1.29, 1.82) is 0 Å². The molecule has 0 radical (unpaired) electrons. The van der Waals surface area contributed by atoms with Gasteiger partial charge in [0.2, 0.25) is 5.91 Å². The van der Waals surface area contributed by atoms with E-state index in [4.69, 9.17) is 4.74 Å². The first-order valence-corrected chi connectivity index (χ1v) is 11.5. The van der Waals surface area contributed by atoms with Gasteiger partial charge in [-0.15, -0.1) is 0 Å². The third-order valence-electron chi connectivity index (χ3n) is 5.67. The summed E-state index contributed by atoms with van der Waals surface area (Å²) in [5.41, 5.74) is 0.971. The largest absolute Gasteiger partial charge is 0.383 e. The number of hydrogen-bond donors (Lipinski definition) is 1. The van der Waals surface area contributed by atoms with Crippen molar-refractivity contribution in [2.45, 2.75) is 46.8 Å². The lowest BCUT2D eigenvalue weighted by Gasteiger charge is -2.13. The standard InChI is InChI=1S/C24H29N7O4/c1-5-11-29-22-21(28(12-13-35-4)17(3)25-22)23(33)30(24(29)34)15-20(32)26-19-14-16(2)27-31(19)18-9-7-6-8-10-18/h6-10,14H,5,11-13,15H2,1-4H3,(H,26,32). The van der Waals surface area contributed by atoms with Gasteiger partial charge in [-0.05, 0) is 32.4 Å². The van der Waals surface area contributed by atoms with Crippen molar-refractivity contribution in [1.82, 2.24) is 28.5 Å². The second kappa shape index (κ2) is 10.1. The lowest BCUT2D eigenvalue weighted by atomic mass is 10.3. The minimum Gasteiger partial charge on any atom is -0.383 e. The van der Waals surface area contributed by atoms with Crippen molar-refractivity contribution in [2.24, 2.45) is 0 Å². The Bertz CT molecular complexity index is 1480. The predicted octanol–water partition coefficient (Wildman–Crippen LogP) is 1.86. The molecule has 184 valence electrons. The number of hydrogen-bond acceptors (Lipinski definition) is 6. The van der Waals surface area contributed by atoms with E-state index in [2.05, 4.69) is 15.4 Å². The maximum Gasteiger partial charge on any atom is 0.333 e. The fourth-order valence-electron chi connectivity index (χ4n) is 4.10. The number of methoxy groups -OCH3 is 1. The van der Waals surface area contributed by atoms with Crippen LogP contribution in [0.25, 0.3) is 16.9 Å². The van der Waals surface area contributed by atoms with Gasteiger partial charge < -0.3 is 14.6 Å². The minimum atomic E-state index is -0.566. The number of benzene rings is 1. The van der Waals surface area contributed by atoms with Crippen molar-refractivity contribution in [3.05, 3.63) is 68.8 Å². The van der Waals surface area contributed by atoms with Gasteiger partial charge in [0, 0.05) is 26.3 Å². The lowest BCUT2D eigenvalue weighted by molar-refractivity contribution is -0.116. The molecular weight excluding hydrogens is 450 g/mol. The van der Waals surface area contributed by atoms with Crippen LogP contribution >= 0.6 is 0 Å². The summed E-state index contributed by atoms with van der Waals surface area (Å²) in [6.45, 7) is 6.24. The molecule has 35 heavy (non-hydrogen) atoms. The van der Waals surface area contributed by atoms with Gasteiger partial charge in [0.05, 0.1) is 18.0 Å². The average Bonchev–Trinajstić information content (AvgIpc) is 3.37. The van der Waals surface area contributed by atoms with E-state index in [-0.39, 0.29) is 5.52 Å². The Morgan fingerprint density at radius 1 is 1.06 bits per heavy atom. The second-order valence-corrected chi connectivity index (χ2v) is 8.27. The second-order valence-electron chi connectivity index (χ2n) is 8.27. The number of carbonyl (C=O) groups is 1. The van der Waals surface area contributed by atoms with E-state index in [1.54, 1.807) is 29.3 Å². The van der Waals surface area contributed by atoms with Gasteiger partial charge in [0.1, 0.15) is 18.2 Å². The zero-order chi connectivity index (χ0) is 25.1. The predicted molar refractivity (Wildman–Crippen MR) is 132 cm³/mol. The molecule has 1 aromatic carbocycles. The monoisotopic (exact) mass is 479 g/mol. The third kappa shape index (κ3) is 4.67. The summed E-state index contributed by atoms with van der Waals surface area (Å²) in [4.78, 5) is 44.2. The van der Waals surface area contributed by atoms with Gasteiger partial charge in [0.25, 0.3) is 5.56 Å². The molecule has 4 rings (SSSR count). The van der Waals surface area contributed by atoms with Crippen molar-refractivity contribution in [3.8, 4) is 5.69 Å². The van der Waals surface area contributed by atoms with E-state index in [0.29, 0.717) is 49.1 Å². The molecule has 0 saturated heterocycles. The van der Waals surface area contributed by atoms with Gasteiger partial charge in [-0.3, -0.25) is 14.2 Å². The molecule has 1 N–H and O–H groups in total. The molecule has 1 amide bonds. The molecule has 0 aliphatic rings. The van der Waals surface area contributed by atoms with Crippen LogP contribution in [-0.4, -0.2) is 48.1 Å². The zero-order valence-electron chi connectivity index (χ0n) is 20.3. The molecule has 11 nitrogen and oxygen atoms in total. The fraction of sp³-hybridized carbons (Fsp3) is 0.375. The van der Waals surface area contributed by atoms with Crippen LogP contribution in [0.4, 0.5) is 5.82 Å². The number of fused-ring (bicyclic) bond motifs is 1. The van der Waals surface area contributed by atoms with E-state index in [9.17, 15) is 14.4 Å². The Morgan fingerprint density at radius 3 is 2.49 bits per heavy atom. The highest BCUT2D eigenvalue weighted by molar-refractivity contribution is 5.90. The number of imidazole rings is 1. The molecule has 0 atom stereocenters. The normalized spacial score (nSPS) is 11.3. The van der Waals surface area contributed by atoms with Crippen LogP contribution in [0.15, 0.2) is 46.0 Å². The Labute approximate surface area is 201 Å². The fourth-order valence-corrected chi connectivity index (χ4v) is 4.10. The highest BCUT2D eigenvalue weighted by Crippen LogP contribution is 2.17. The topological polar surface area (TPSA) is 118 Å². The summed E-state index contributed by atoms with van der Waals surface area (Å²) in [7, 11) is 1.58. The average molecular weight is 480 g/mol. The highest BCUT2D eigenvalue weighted by atomic mass is 16.5. The lowest BCUT2D eigenvalue weighted by Crippen LogP contribution is -2.43. The summed E-state index contributed by atoms with van der Waals surface area (Å²) in [5.74, 6) is 0.536. The number of amides is 1. The summed E-state index contributed by atoms with van der Waals surface area (Å²) in [6.07, 6.45) is 0.666. The quantitative estimate of drug-likeness (QED) is 0.392. The smallest absolute Gasteiger partial charge is 0.333 e. The summed E-state index contributed by atoms with van der Waals surface area (Å²) in [6, 6.07) is 11.1. The molecule has 11 heteroatoms. The number of carbonyl (C=O) groups excluding carboxylic acids is 1. The Kier molecular flexibility index (Phi) is 6.97. The number of ether oxygens (including phenoxy) is 1.